The summed E-state index contributed by atoms with van der Waals surface area (Å²) in [7, 11) is 0. The van der Waals surface area contributed by atoms with Crippen LogP contribution in [0, 0.1) is 5.82 Å². The molecule has 1 aromatic carbocycles. The maximum absolute atomic E-state index is 13.1. The molecule has 1 amide bonds. The van der Waals surface area contributed by atoms with Crippen LogP contribution >= 0.6 is 0 Å². The SMILES string of the molecule is O=C(Cn1cccc1-c1nc(-c2ccc(F)cc2)no1)NCC1CCCO1. The third-order valence-electron chi connectivity index (χ3n) is 4.44. The lowest BCUT2D eigenvalue weighted by Gasteiger charge is -2.11. The predicted molar refractivity (Wildman–Crippen MR) is 95.1 cm³/mol. The standard InChI is InChI=1S/C19H19FN4O3/c20-14-7-5-13(6-8-14)18-22-19(27-23-18)16-4-1-9-24(16)12-17(25)21-11-15-3-2-10-26-15/h1,4-9,15H,2-3,10-12H2,(H,21,25). The van der Waals surface area contributed by atoms with E-state index in [0.717, 1.165) is 19.4 Å². The molecular weight excluding hydrogens is 351 g/mol. The van der Waals surface area contributed by atoms with Gasteiger partial charge in [-0.05, 0) is 49.2 Å². The Balaban J connectivity index is 1.44. The van der Waals surface area contributed by atoms with Gasteiger partial charge in [0.1, 0.15) is 18.1 Å². The second kappa shape index (κ2) is 7.71. The second-order valence-corrected chi connectivity index (χ2v) is 6.39. The number of halogens is 1. The number of carbonyl (C=O) groups excluding carboxylic acids is 1. The summed E-state index contributed by atoms with van der Waals surface area (Å²) >= 11 is 0. The van der Waals surface area contributed by atoms with Gasteiger partial charge in [-0.25, -0.2) is 4.39 Å². The number of benzene rings is 1. The average molecular weight is 370 g/mol. The number of rotatable bonds is 6. The van der Waals surface area contributed by atoms with Crippen LogP contribution in [0.4, 0.5) is 4.39 Å². The Morgan fingerprint density at radius 3 is 2.93 bits per heavy atom. The van der Waals surface area contributed by atoms with E-state index < -0.39 is 0 Å². The lowest BCUT2D eigenvalue weighted by Crippen LogP contribution is -2.34. The van der Waals surface area contributed by atoms with E-state index in [0.29, 0.717) is 29.5 Å². The van der Waals surface area contributed by atoms with Gasteiger partial charge in [0.25, 0.3) is 5.89 Å². The molecule has 0 aliphatic carbocycles. The minimum Gasteiger partial charge on any atom is -0.376 e. The van der Waals surface area contributed by atoms with Crippen molar-refractivity contribution in [1.29, 1.82) is 0 Å². The van der Waals surface area contributed by atoms with Crippen LogP contribution in [-0.2, 0) is 16.1 Å². The number of carbonyl (C=O) groups is 1. The summed E-state index contributed by atoms with van der Waals surface area (Å²) in [6, 6.07) is 9.46. The third kappa shape index (κ3) is 4.06. The van der Waals surface area contributed by atoms with Gasteiger partial charge >= 0.3 is 0 Å². The molecule has 1 N–H and O–H groups in total. The van der Waals surface area contributed by atoms with E-state index in [1.54, 1.807) is 29.0 Å². The Hall–Kier alpha value is -3.00. The Morgan fingerprint density at radius 1 is 1.30 bits per heavy atom. The molecule has 1 aliphatic heterocycles. The lowest BCUT2D eigenvalue weighted by atomic mass is 10.2. The zero-order valence-corrected chi connectivity index (χ0v) is 14.6. The van der Waals surface area contributed by atoms with E-state index in [9.17, 15) is 9.18 Å². The van der Waals surface area contributed by atoms with E-state index in [1.807, 2.05) is 6.07 Å². The highest BCUT2D eigenvalue weighted by Gasteiger charge is 2.18. The van der Waals surface area contributed by atoms with Gasteiger partial charge in [0.05, 0.1) is 6.10 Å². The molecule has 0 radical (unpaired) electrons. The van der Waals surface area contributed by atoms with Crippen molar-refractivity contribution in [2.75, 3.05) is 13.2 Å². The quantitative estimate of drug-likeness (QED) is 0.721. The van der Waals surface area contributed by atoms with Gasteiger partial charge in [-0.15, -0.1) is 0 Å². The molecular formula is C19H19FN4O3. The smallest absolute Gasteiger partial charge is 0.274 e. The number of aromatic nitrogens is 3. The van der Waals surface area contributed by atoms with Crippen molar-refractivity contribution in [3.8, 4) is 23.0 Å². The molecule has 27 heavy (non-hydrogen) atoms. The van der Waals surface area contributed by atoms with Crippen molar-refractivity contribution in [3.63, 3.8) is 0 Å². The summed E-state index contributed by atoms with van der Waals surface area (Å²) in [6.45, 7) is 1.42. The van der Waals surface area contributed by atoms with Gasteiger partial charge < -0.3 is 19.1 Å². The van der Waals surface area contributed by atoms with Gasteiger partial charge in [-0.2, -0.15) is 4.98 Å². The molecule has 8 heteroatoms. The van der Waals surface area contributed by atoms with Crippen molar-refractivity contribution in [2.24, 2.45) is 0 Å². The van der Waals surface area contributed by atoms with Crippen LogP contribution < -0.4 is 5.32 Å². The summed E-state index contributed by atoms with van der Waals surface area (Å²) in [5.74, 6) is 0.221. The molecule has 1 atom stereocenters. The molecule has 3 aromatic rings. The highest BCUT2D eigenvalue weighted by Crippen LogP contribution is 2.23. The maximum Gasteiger partial charge on any atom is 0.274 e. The maximum atomic E-state index is 13.1. The summed E-state index contributed by atoms with van der Waals surface area (Å²) in [5.41, 5.74) is 1.29. The van der Waals surface area contributed by atoms with Gasteiger partial charge in [-0.3, -0.25) is 4.79 Å². The van der Waals surface area contributed by atoms with Crippen LogP contribution in [0.15, 0.2) is 47.1 Å². The first kappa shape index (κ1) is 17.4. The predicted octanol–water partition coefficient (Wildman–Crippen LogP) is 2.64. The summed E-state index contributed by atoms with van der Waals surface area (Å²) in [5, 5.41) is 6.83. The normalized spacial score (nSPS) is 16.6. The van der Waals surface area contributed by atoms with Crippen LogP contribution in [0.2, 0.25) is 0 Å². The Bertz CT molecular complexity index is 913. The molecule has 7 nitrogen and oxygen atoms in total. The zero-order valence-electron chi connectivity index (χ0n) is 14.6. The molecule has 2 aromatic heterocycles. The topological polar surface area (TPSA) is 82.2 Å². The largest absolute Gasteiger partial charge is 0.376 e. The first-order valence-corrected chi connectivity index (χ1v) is 8.82. The summed E-state index contributed by atoms with van der Waals surface area (Å²) < 4.78 is 25.6. The van der Waals surface area contributed by atoms with E-state index in [-0.39, 0.29) is 24.4 Å². The third-order valence-corrected chi connectivity index (χ3v) is 4.44. The molecule has 140 valence electrons. The van der Waals surface area contributed by atoms with Crippen molar-refractivity contribution in [1.82, 2.24) is 20.0 Å². The number of nitrogens with one attached hydrogen (secondary N) is 1. The minimum absolute atomic E-state index is 0.104. The molecule has 0 bridgehead atoms. The van der Waals surface area contributed by atoms with Gasteiger partial charge in [0, 0.05) is 24.9 Å². The van der Waals surface area contributed by atoms with Crippen LogP contribution in [0.5, 0.6) is 0 Å². The van der Waals surface area contributed by atoms with Gasteiger partial charge in [0.2, 0.25) is 11.7 Å². The van der Waals surface area contributed by atoms with Gasteiger partial charge in [0.15, 0.2) is 0 Å². The molecule has 1 fully saturated rings. The summed E-state index contributed by atoms with van der Waals surface area (Å²) in [6.07, 6.45) is 3.90. The van der Waals surface area contributed by atoms with E-state index in [1.165, 1.54) is 12.1 Å². The molecule has 0 saturated carbocycles. The first-order valence-electron chi connectivity index (χ1n) is 8.82. The molecule has 3 heterocycles. The number of hydrogen-bond acceptors (Lipinski definition) is 5. The van der Waals surface area contributed by atoms with E-state index >= 15 is 0 Å². The first-order chi connectivity index (χ1) is 13.2. The molecule has 1 saturated heterocycles. The van der Waals surface area contributed by atoms with Crippen molar-refractivity contribution >= 4 is 5.91 Å². The number of hydrogen-bond donors (Lipinski definition) is 1. The van der Waals surface area contributed by atoms with Crippen LogP contribution in [0.1, 0.15) is 12.8 Å². The fourth-order valence-corrected chi connectivity index (χ4v) is 3.03. The lowest BCUT2D eigenvalue weighted by molar-refractivity contribution is -0.122. The number of nitrogens with zero attached hydrogens (tertiary/aromatic N) is 3. The number of ether oxygens (including phenoxy) is 1. The Kier molecular flexibility index (Phi) is 4.97. The Morgan fingerprint density at radius 2 is 2.15 bits per heavy atom. The highest BCUT2D eigenvalue weighted by atomic mass is 19.1. The zero-order chi connectivity index (χ0) is 18.6. The van der Waals surface area contributed by atoms with Crippen LogP contribution in [-0.4, -0.2) is 39.9 Å². The van der Waals surface area contributed by atoms with E-state index in [4.69, 9.17) is 9.26 Å². The molecule has 4 rings (SSSR count). The fraction of sp³-hybridized carbons (Fsp3) is 0.316. The molecule has 0 spiro atoms. The van der Waals surface area contributed by atoms with Crippen molar-refractivity contribution in [2.45, 2.75) is 25.5 Å². The molecule has 1 unspecified atom stereocenters. The second-order valence-electron chi connectivity index (χ2n) is 6.39. The van der Waals surface area contributed by atoms with Crippen molar-refractivity contribution < 1.29 is 18.4 Å². The Labute approximate surface area is 155 Å². The van der Waals surface area contributed by atoms with Crippen LogP contribution in [0.25, 0.3) is 23.0 Å². The van der Waals surface area contributed by atoms with Crippen LogP contribution in [0.3, 0.4) is 0 Å². The highest BCUT2D eigenvalue weighted by molar-refractivity contribution is 5.76. The summed E-state index contributed by atoms with van der Waals surface area (Å²) in [4.78, 5) is 16.6. The average Bonchev–Trinajstić information content (AvgIpc) is 3.42. The van der Waals surface area contributed by atoms with Gasteiger partial charge in [-0.1, -0.05) is 5.16 Å². The fourth-order valence-electron chi connectivity index (χ4n) is 3.03. The minimum atomic E-state index is -0.328. The monoisotopic (exact) mass is 370 g/mol. The van der Waals surface area contributed by atoms with E-state index in [2.05, 4.69) is 15.5 Å². The van der Waals surface area contributed by atoms with Crippen molar-refractivity contribution in [3.05, 3.63) is 48.4 Å². The molecule has 1 aliphatic rings. The number of amides is 1.